The van der Waals surface area contributed by atoms with Gasteiger partial charge in [-0.3, -0.25) is 4.79 Å². The summed E-state index contributed by atoms with van der Waals surface area (Å²) < 4.78 is 32.6. The second-order valence-electron chi connectivity index (χ2n) is 6.74. The fourth-order valence-corrected chi connectivity index (χ4v) is 4.87. The smallest absolute Gasteiger partial charge is 0.259 e. The molecule has 0 aliphatic carbocycles. The number of methoxy groups -OCH3 is 1. The van der Waals surface area contributed by atoms with Gasteiger partial charge in [0, 0.05) is 23.8 Å². The number of piperidine rings is 1. The number of anilines is 1. The summed E-state index contributed by atoms with van der Waals surface area (Å²) in [5.41, 5.74) is 1.57. The maximum Gasteiger partial charge on any atom is 0.259 e. The molecule has 0 bridgehead atoms. The second kappa shape index (κ2) is 8.51. The molecule has 28 heavy (non-hydrogen) atoms. The van der Waals surface area contributed by atoms with Crippen LogP contribution in [0.1, 0.15) is 35.2 Å². The number of rotatable bonds is 5. The van der Waals surface area contributed by atoms with Gasteiger partial charge in [-0.15, -0.1) is 0 Å². The van der Waals surface area contributed by atoms with E-state index in [0.717, 1.165) is 24.8 Å². The van der Waals surface area contributed by atoms with E-state index in [1.807, 2.05) is 6.92 Å². The average molecular weight is 423 g/mol. The van der Waals surface area contributed by atoms with Crippen LogP contribution >= 0.6 is 11.6 Å². The van der Waals surface area contributed by atoms with Gasteiger partial charge in [-0.2, -0.15) is 4.31 Å². The Hall–Kier alpha value is -2.09. The van der Waals surface area contributed by atoms with Gasteiger partial charge >= 0.3 is 0 Å². The zero-order chi connectivity index (χ0) is 20.3. The highest BCUT2D eigenvalue weighted by Gasteiger charge is 2.27. The summed E-state index contributed by atoms with van der Waals surface area (Å²) in [4.78, 5) is 12.9. The van der Waals surface area contributed by atoms with Gasteiger partial charge in [-0.1, -0.05) is 24.1 Å². The number of aryl methyl sites for hydroxylation is 1. The van der Waals surface area contributed by atoms with Crippen LogP contribution in [-0.4, -0.2) is 38.8 Å². The van der Waals surface area contributed by atoms with Crippen LogP contribution in [0.15, 0.2) is 41.3 Å². The highest BCUT2D eigenvalue weighted by Crippen LogP contribution is 2.28. The highest BCUT2D eigenvalue weighted by atomic mass is 35.5. The molecule has 8 heteroatoms. The third kappa shape index (κ3) is 4.32. The Balaban J connectivity index is 1.92. The maximum absolute atomic E-state index is 12.9. The standard InChI is InChI=1S/C20H23ClN2O4S/c1-14-6-7-15(12-18(14)21)22-20(24)17-13-16(8-9-19(17)27-2)28(25,26)23-10-4-3-5-11-23/h6-9,12-13H,3-5,10-11H2,1-2H3,(H,22,24). The molecular weight excluding hydrogens is 400 g/mol. The lowest BCUT2D eigenvalue weighted by atomic mass is 10.1. The van der Waals surface area contributed by atoms with Gasteiger partial charge in [0.15, 0.2) is 0 Å². The highest BCUT2D eigenvalue weighted by molar-refractivity contribution is 7.89. The van der Waals surface area contributed by atoms with Crippen molar-refractivity contribution in [2.24, 2.45) is 0 Å². The van der Waals surface area contributed by atoms with E-state index in [4.69, 9.17) is 16.3 Å². The van der Waals surface area contributed by atoms with Gasteiger partial charge in [0.25, 0.3) is 5.91 Å². The van der Waals surface area contributed by atoms with Crippen molar-refractivity contribution >= 4 is 33.2 Å². The quantitative estimate of drug-likeness (QED) is 0.787. The number of ether oxygens (including phenoxy) is 1. The zero-order valence-electron chi connectivity index (χ0n) is 15.9. The molecule has 0 aromatic heterocycles. The van der Waals surface area contributed by atoms with Crippen LogP contribution in [0.2, 0.25) is 5.02 Å². The number of nitrogens with zero attached hydrogens (tertiary/aromatic N) is 1. The molecule has 0 saturated carbocycles. The van der Waals surface area contributed by atoms with Crippen LogP contribution in [0, 0.1) is 6.92 Å². The molecule has 1 aliphatic heterocycles. The lowest BCUT2D eigenvalue weighted by molar-refractivity contribution is 0.102. The fourth-order valence-electron chi connectivity index (χ4n) is 3.15. The molecule has 0 spiro atoms. The summed E-state index contributed by atoms with van der Waals surface area (Å²) in [6, 6.07) is 9.53. The van der Waals surface area contributed by atoms with Crippen LogP contribution in [-0.2, 0) is 10.0 Å². The van der Waals surface area contributed by atoms with E-state index >= 15 is 0 Å². The molecule has 1 N–H and O–H groups in total. The summed E-state index contributed by atoms with van der Waals surface area (Å²) in [5.74, 6) is -0.166. The molecule has 3 rings (SSSR count). The number of carbonyl (C=O) groups excluding carboxylic acids is 1. The molecule has 2 aromatic carbocycles. The third-order valence-corrected chi connectivity index (χ3v) is 7.10. The van der Waals surface area contributed by atoms with Crippen LogP contribution in [0.4, 0.5) is 5.69 Å². The van der Waals surface area contributed by atoms with Gasteiger partial charge in [0.1, 0.15) is 5.75 Å². The number of carbonyl (C=O) groups is 1. The number of halogens is 1. The van der Waals surface area contributed by atoms with Crippen molar-refractivity contribution in [2.45, 2.75) is 31.1 Å². The molecule has 0 unspecified atom stereocenters. The van der Waals surface area contributed by atoms with E-state index in [-0.39, 0.29) is 10.5 Å². The molecule has 2 aromatic rings. The summed E-state index contributed by atoms with van der Waals surface area (Å²) >= 11 is 6.11. The number of hydrogen-bond donors (Lipinski definition) is 1. The maximum atomic E-state index is 12.9. The molecule has 1 aliphatic rings. The molecule has 6 nitrogen and oxygen atoms in total. The van der Waals surface area contributed by atoms with Gasteiger partial charge in [0.2, 0.25) is 10.0 Å². The summed E-state index contributed by atoms with van der Waals surface area (Å²) in [7, 11) is -2.21. The first kappa shape index (κ1) is 20.6. The predicted molar refractivity (Wildman–Crippen MR) is 110 cm³/mol. The van der Waals surface area contributed by atoms with Gasteiger partial charge in [-0.25, -0.2) is 8.42 Å². The Kier molecular flexibility index (Phi) is 6.27. The Morgan fingerprint density at radius 2 is 1.82 bits per heavy atom. The predicted octanol–water partition coefficient (Wildman–Crippen LogP) is 4.08. The van der Waals surface area contributed by atoms with Crippen molar-refractivity contribution in [1.29, 1.82) is 0 Å². The topological polar surface area (TPSA) is 75.7 Å². The first-order valence-corrected chi connectivity index (χ1v) is 10.9. The Morgan fingerprint density at radius 3 is 2.46 bits per heavy atom. The Labute approximate surface area is 170 Å². The Morgan fingerprint density at radius 1 is 1.11 bits per heavy atom. The minimum Gasteiger partial charge on any atom is -0.496 e. The van der Waals surface area contributed by atoms with Crippen molar-refractivity contribution in [3.63, 3.8) is 0 Å². The normalized spacial score (nSPS) is 15.2. The average Bonchev–Trinajstić information content (AvgIpc) is 2.70. The molecule has 1 heterocycles. The van der Waals surface area contributed by atoms with E-state index in [1.165, 1.54) is 29.6 Å². The van der Waals surface area contributed by atoms with E-state index in [2.05, 4.69) is 5.32 Å². The van der Waals surface area contributed by atoms with Crippen molar-refractivity contribution in [1.82, 2.24) is 4.31 Å². The molecule has 1 amide bonds. The molecule has 1 fully saturated rings. The molecule has 1 saturated heterocycles. The van der Waals surface area contributed by atoms with Crippen LogP contribution in [0.3, 0.4) is 0 Å². The number of nitrogens with one attached hydrogen (secondary N) is 1. The minimum atomic E-state index is -3.65. The van der Waals surface area contributed by atoms with Crippen molar-refractivity contribution < 1.29 is 17.9 Å². The molecular formula is C20H23ClN2O4S. The monoisotopic (exact) mass is 422 g/mol. The van der Waals surface area contributed by atoms with E-state index in [9.17, 15) is 13.2 Å². The second-order valence-corrected chi connectivity index (χ2v) is 9.09. The number of amides is 1. The molecule has 150 valence electrons. The van der Waals surface area contributed by atoms with Crippen molar-refractivity contribution in [3.8, 4) is 5.75 Å². The SMILES string of the molecule is COc1ccc(S(=O)(=O)N2CCCCC2)cc1C(=O)Nc1ccc(C)c(Cl)c1. The summed E-state index contributed by atoms with van der Waals surface area (Å²) in [6.45, 7) is 2.86. The number of hydrogen-bond acceptors (Lipinski definition) is 4. The zero-order valence-corrected chi connectivity index (χ0v) is 17.4. The van der Waals surface area contributed by atoms with Crippen LogP contribution in [0.25, 0.3) is 0 Å². The first-order chi connectivity index (χ1) is 13.3. The fraction of sp³-hybridized carbons (Fsp3) is 0.350. The van der Waals surface area contributed by atoms with E-state index in [1.54, 1.807) is 18.2 Å². The number of benzene rings is 2. The van der Waals surface area contributed by atoms with Crippen LogP contribution in [0.5, 0.6) is 5.75 Å². The van der Waals surface area contributed by atoms with Gasteiger partial charge in [0.05, 0.1) is 17.6 Å². The van der Waals surface area contributed by atoms with E-state index < -0.39 is 15.9 Å². The van der Waals surface area contributed by atoms with E-state index in [0.29, 0.717) is 29.5 Å². The summed E-state index contributed by atoms with van der Waals surface area (Å²) in [5, 5.41) is 3.28. The van der Waals surface area contributed by atoms with Crippen molar-refractivity contribution in [3.05, 3.63) is 52.5 Å². The van der Waals surface area contributed by atoms with Crippen molar-refractivity contribution in [2.75, 3.05) is 25.5 Å². The van der Waals surface area contributed by atoms with Gasteiger partial charge < -0.3 is 10.1 Å². The molecule has 0 atom stereocenters. The minimum absolute atomic E-state index is 0.0855. The third-order valence-electron chi connectivity index (χ3n) is 4.80. The van der Waals surface area contributed by atoms with Gasteiger partial charge in [-0.05, 0) is 55.7 Å². The van der Waals surface area contributed by atoms with Crippen LogP contribution < -0.4 is 10.1 Å². The Bertz CT molecular complexity index is 986. The lowest BCUT2D eigenvalue weighted by Crippen LogP contribution is -2.35. The summed E-state index contributed by atoms with van der Waals surface area (Å²) in [6.07, 6.45) is 2.72. The first-order valence-electron chi connectivity index (χ1n) is 9.08. The lowest BCUT2D eigenvalue weighted by Gasteiger charge is -2.26. The largest absolute Gasteiger partial charge is 0.496 e. The number of sulfonamides is 1. The molecule has 0 radical (unpaired) electrons.